The molecule has 1 fully saturated rings. The SMILES string of the molecule is OCC1CCCOC1c1ccc(Cl)cc1. The average molecular weight is 227 g/mol. The van der Waals surface area contributed by atoms with Crippen LogP contribution in [-0.4, -0.2) is 18.3 Å². The molecule has 1 aliphatic rings. The third-order valence-corrected chi connectivity index (χ3v) is 3.13. The summed E-state index contributed by atoms with van der Waals surface area (Å²) >= 11 is 5.83. The number of hydrogen-bond donors (Lipinski definition) is 1. The van der Waals surface area contributed by atoms with Crippen LogP contribution < -0.4 is 0 Å². The van der Waals surface area contributed by atoms with E-state index in [1.807, 2.05) is 24.3 Å². The van der Waals surface area contributed by atoms with Crippen molar-refractivity contribution in [2.24, 2.45) is 5.92 Å². The summed E-state index contributed by atoms with van der Waals surface area (Å²) < 4.78 is 5.70. The van der Waals surface area contributed by atoms with E-state index in [0.29, 0.717) is 0 Å². The van der Waals surface area contributed by atoms with Gasteiger partial charge >= 0.3 is 0 Å². The lowest BCUT2D eigenvalue weighted by atomic mass is 9.90. The quantitative estimate of drug-likeness (QED) is 0.841. The van der Waals surface area contributed by atoms with Crippen molar-refractivity contribution in [1.82, 2.24) is 0 Å². The maximum Gasteiger partial charge on any atom is 0.0874 e. The summed E-state index contributed by atoms with van der Waals surface area (Å²) in [5.74, 6) is 0.222. The first-order valence-electron chi connectivity index (χ1n) is 5.29. The van der Waals surface area contributed by atoms with E-state index in [2.05, 4.69) is 0 Å². The van der Waals surface area contributed by atoms with Crippen molar-refractivity contribution < 1.29 is 9.84 Å². The van der Waals surface area contributed by atoms with Gasteiger partial charge in [-0.25, -0.2) is 0 Å². The first-order valence-corrected chi connectivity index (χ1v) is 5.67. The predicted molar refractivity (Wildman–Crippen MR) is 60.0 cm³/mol. The van der Waals surface area contributed by atoms with Gasteiger partial charge < -0.3 is 9.84 Å². The molecular formula is C12H15ClO2. The molecule has 0 radical (unpaired) electrons. The predicted octanol–water partition coefficient (Wildman–Crippen LogP) is 2.80. The van der Waals surface area contributed by atoms with Crippen molar-refractivity contribution in [2.45, 2.75) is 18.9 Å². The Kier molecular flexibility index (Phi) is 3.62. The van der Waals surface area contributed by atoms with E-state index in [-0.39, 0.29) is 18.6 Å². The van der Waals surface area contributed by atoms with Gasteiger partial charge in [-0.1, -0.05) is 23.7 Å². The zero-order valence-electron chi connectivity index (χ0n) is 8.53. The highest BCUT2D eigenvalue weighted by Gasteiger charge is 2.26. The lowest BCUT2D eigenvalue weighted by Gasteiger charge is -2.30. The van der Waals surface area contributed by atoms with Gasteiger partial charge in [-0.05, 0) is 30.5 Å². The number of rotatable bonds is 2. The van der Waals surface area contributed by atoms with Crippen LogP contribution in [0, 0.1) is 5.92 Å². The fraction of sp³-hybridized carbons (Fsp3) is 0.500. The van der Waals surface area contributed by atoms with Crippen LogP contribution in [0.25, 0.3) is 0 Å². The molecular weight excluding hydrogens is 212 g/mol. The van der Waals surface area contributed by atoms with E-state index in [4.69, 9.17) is 16.3 Å². The summed E-state index contributed by atoms with van der Waals surface area (Å²) in [6, 6.07) is 7.68. The van der Waals surface area contributed by atoms with Crippen LogP contribution in [0.3, 0.4) is 0 Å². The van der Waals surface area contributed by atoms with Crippen molar-refractivity contribution in [3.63, 3.8) is 0 Å². The fourth-order valence-electron chi connectivity index (χ4n) is 2.05. The second-order valence-corrected chi connectivity index (χ2v) is 4.36. The van der Waals surface area contributed by atoms with E-state index < -0.39 is 0 Å². The van der Waals surface area contributed by atoms with Crippen LogP contribution in [-0.2, 0) is 4.74 Å². The monoisotopic (exact) mass is 226 g/mol. The molecule has 1 heterocycles. The van der Waals surface area contributed by atoms with Gasteiger partial charge in [0.15, 0.2) is 0 Å². The number of aliphatic hydroxyl groups excluding tert-OH is 1. The number of aliphatic hydroxyl groups is 1. The molecule has 0 saturated carbocycles. The molecule has 1 saturated heterocycles. The van der Waals surface area contributed by atoms with E-state index in [1.54, 1.807) is 0 Å². The maximum absolute atomic E-state index is 9.27. The summed E-state index contributed by atoms with van der Waals surface area (Å²) in [4.78, 5) is 0. The molecule has 1 aromatic carbocycles. The minimum absolute atomic E-state index is 0.0287. The Labute approximate surface area is 94.8 Å². The molecule has 2 unspecified atom stereocenters. The Morgan fingerprint density at radius 2 is 2.07 bits per heavy atom. The van der Waals surface area contributed by atoms with Crippen LogP contribution in [0.4, 0.5) is 0 Å². The molecule has 0 aromatic heterocycles. The molecule has 0 spiro atoms. The third-order valence-electron chi connectivity index (χ3n) is 2.88. The summed E-state index contributed by atoms with van der Waals surface area (Å²) in [5.41, 5.74) is 1.11. The number of hydrogen-bond acceptors (Lipinski definition) is 2. The van der Waals surface area contributed by atoms with E-state index in [1.165, 1.54) is 0 Å². The number of benzene rings is 1. The number of halogens is 1. The van der Waals surface area contributed by atoms with Gasteiger partial charge in [-0.2, -0.15) is 0 Å². The van der Waals surface area contributed by atoms with Crippen LogP contribution in [0.15, 0.2) is 24.3 Å². The fourth-order valence-corrected chi connectivity index (χ4v) is 2.18. The van der Waals surface area contributed by atoms with Crippen molar-refractivity contribution in [2.75, 3.05) is 13.2 Å². The Morgan fingerprint density at radius 3 is 2.73 bits per heavy atom. The average Bonchev–Trinajstić information content (AvgIpc) is 2.30. The summed E-state index contributed by atoms with van der Waals surface area (Å²) in [6.45, 7) is 0.969. The summed E-state index contributed by atoms with van der Waals surface area (Å²) in [5, 5.41) is 10.0. The van der Waals surface area contributed by atoms with Crippen LogP contribution in [0.2, 0.25) is 5.02 Å². The topological polar surface area (TPSA) is 29.5 Å². The van der Waals surface area contributed by atoms with Crippen LogP contribution in [0.5, 0.6) is 0 Å². The van der Waals surface area contributed by atoms with Gasteiger partial charge in [0.1, 0.15) is 0 Å². The highest BCUT2D eigenvalue weighted by atomic mass is 35.5. The second-order valence-electron chi connectivity index (χ2n) is 3.93. The van der Waals surface area contributed by atoms with Crippen LogP contribution >= 0.6 is 11.6 Å². The molecule has 2 nitrogen and oxygen atoms in total. The summed E-state index contributed by atoms with van der Waals surface area (Å²) in [6.07, 6.45) is 2.10. The molecule has 1 aromatic rings. The highest BCUT2D eigenvalue weighted by molar-refractivity contribution is 6.30. The van der Waals surface area contributed by atoms with Crippen molar-refractivity contribution in [3.8, 4) is 0 Å². The Hall–Kier alpha value is -0.570. The minimum atomic E-state index is 0.0287. The molecule has 0 aliphatic carbocycles. The Bertz CT molecular complexity index is 310. The molecule has 2 rings (SSSR count). The largest absolute Gasteiger partial charge is 0.396 e. The minimum Gasteiger partial charge on any atom is -0.396 e. The standard InChI is InChI=1S/C12H15ClO2/c13-11-5-3-9(4-6-11)12-10(8-14)2-1-7-15-12/h3-6,10,12,14H,1-2,7-8H2. The third kappa shape index (κ3) is 2.51. The zero-order chi connectivity index (χ0) is 10.7. The normalized spacial score (nSPS) is 26.5. The lowest BCUT2D eigenvalue weighted by molar-refractivity contribution is -0.0457. The van der Waals surface area contributed by atoms with Crippen molar-refractivity contribution >= 4 is 11.6 Å². The smallest absolute Gasteiger partial charge is 0.0874 e. The first-order chi connectivity index (χ1) is 7.31. The van der Waals surface area contributed by atoms with Crippen molar-refractivity contribution in [1.29, 1.82) is 0 Å². The van der Waals surface area contributed by atoms with Gasteiger partial charge in [0.2, 0.25) is 0 Å². The van der Waals surface area contributed by atoms with Crippen molar-refractivity contribution in [3.05, 3.63) is 34.9 Å². The lowest BCUT2D eigenvalue weighted by Crippen LogP contribution is -2.25. The second kappa shape index (κ2) is 4.97. The maximum atomic E-state index is 9.27. The van der Waals surface area contributed by atoms with E-state index in [0.717, 1.165) is 30.0 Å². The molecule has 1 N–H and O–H groups in total. The molecule has 3 heteroatoms. The summed E-state index contributed by atoms with van der Waals surface area (Å²) in [7, 11) is 0. The van der Waals surface area contributed by atoms with Gasteiger partial charge in [0.05, 0.1) is 6.10 Å². The van der Waals surface area contributed by atoms with Gasteiger partial charge in [-0.3, -0.25) is 0 Å². The van der Waals surface area contributed by atoms with E-state index in [9.17, 15) is 5.11 Å². The first kappa shape index (κ1) is 10.9. The Balaban J connectivity index is 2.16. The van der Waals surface area contributed by atoms with Crippen LogP contribution in [0.1, 0.15) is 24.5 Å². The number of ether oxygens (including phenoxy) is 1. The van der Waals surface area contributed by atoms with Gasteiger partial charge in [0.25, 0.3) is 0 Å². The van der Waals surface area contributed by atoms with E-state index >= 15 is 0 Å². The molecule has 0 amide bonds. The van der Waals surface area contributed by atoms with Gasteiger partial charge in [0, 0.05) is 24.2 Å². The molecule has 82 valence electrons. The molecule has 15 heavy (non-hydrogen) atoms. The molecule has 2 atom stereocenters. The van der Waals surface area contributed by atoms with Gasteiger partial charge in [-0.15, -0.1) is 0 Å². The zero-order valence-corrected chi connectivity index (χ0v) is 9.28. The Morgan fingerprint density at radius 1 is 1.33 bits per heavy atom. The highest BCUT2D eigenvalue weighted by Crippen LogP contribution is 2.33. The molecule has 0 bridgehead atoms. The molecule has 1 aliphatic heterocycles.